The first-order valence-electron chi connectivity index (χ1n) is 7.44. The fourth-order valence-corrected chi connectivity index (χ4v) is 2.88. The highest BCUT2D eigenvalue weighted by Crippen LogP contribution is 2.34. The van der Waals surface area contributed by atoms with Crippen molar-refractivity contribution in [2.24, 2.45) is 0 Å². The van der Waals surface area contributed by atoms with Crippen LogP contribution in [0.15, 0.2) is 18.2 Å². The second-order valence-corrected chi connectivity index (χ2v) is 5.40. The molecule has 0 unspecified atom stereocenters. The number of anilines is 2. The molecular weight excluding hydrogens is 254 g/mol. The summed E-state index contributed by atoms with van der Waals surface area (Å²) in [4.78, 5) is 11.0. The van der Waals surface area contributed by atoms with Crippen LogP contribution in [0.3, 0.4) is 0 Å². The van der Waals surface area contributed by atoms with Crippen molar-refractivity contribution >= 4 is 17.1 Å². The van der Waals surface area contributed by atoms with Crippen LogP contribution in [0.1, 0.15) is 44.9 Å². The van der Waals surface area contributed by atoms with Crippen LogP contribution in [0, 0.1) is 10.1 Å². The van der Waals surface area contributed by atoms with Gasteiger partial charge in [0.1, 0.15) is 11.4 Å². The second-order valence-electron chi connectivity index (χ2n) is 5.40. The zero-order valence-corrected chi connectivity index (χ0v) is 12.0. The van der Waals surface area contributed by atoms with Gasteiger partial charge < -0.3 is 10.6 Å². The summed E-state index contributed by atoms with van der Waals surface area (Å²) in [6, 6.07) is 5.74. The van der Waals surface area contributed by atoms with Crippen LogP contribution < -0.4 is 10.6 Å². The van der Waals surface area contributed by atoms with Gasteiger partial charge in [0, 0.05) is 13.1 Å². The monoisotopic (exact) mass is 277 g/mol. The number of nitro groups is 1. The van der Waals surface area contributed by atoms with E-state index in [9.17, 15) is 10.1 Å². The first-order chi connectivity index (χ1) is 9.72. The number of nitrogens with one attached hydrogen (secondary N) is 2. The van der Waals surface area contributed by atoms with Gasteiger partial charge in [-0.05, 0) is 25.0 Å². The summed E-state index contributed by atoms with van der Waals surface area (Å²) in [7, 11) is 1.71. The Balaban J connectivity index is 2.16. The quantitative estimate of drug-likeness (QED) is 0.640. The van der Waals surface area contributed by atoms with Gasteiger partial charge in [-0.1, -0.05) is 38.2 Å². The van der Waals surface area contributed by atoms with Crippen LogP contribution in [-0.4, -0.2) is 18.0 Å². The molecule has 0 atom stereocenters. The largest absolute Gasteiger partial charge is 0.382 e. The highest BCUT2D eigenvalue weighted by Gasteiger charge is 2.21. The van der Waals surface area contributed by atoms with E-state index in [4.69, 9.17) is 0 Å². The molecule has 0 saturated heterocycles. The second kappa shape index (κ2) is 7.12. The van der Waals surface area contributed by atoms with Crippen molar-refractivity contribution in [3.05, 3.63) is 28.3 Å². The van der Waals surface area contributed by atoms with Gasteiger partial charge in [-0.15, -0.1) is 0 Å². The molecule has 20 heavy (non-hydrogen) atoms. The Morgan fingerprint density at radius 2 is 1.70 bits per heavy atom. The molecule has 1 aromatic rings. The zero-order valence-electron chi connectivity index (χ0n) is 12.0. The zero-order chi connectivity index (χ0) is 14.4. The predicted molar refractivity (Wildman–Crippen MR) is 82.4 cm³/mol. The maximum absolute atomic E-state index is 11.3. The standard InChI is InChI=1S/C15H23N3O2/c1-16-13-10-7-11-14(15(13)18(19)20)17-12-8-5-3-2-4-6-9-12/h7,10-12,16-17H,2-6,8-9H2,1H3. The summed E-state index contributed by atoms with van der Waals surface area (Å²) in [5.41, 5.74) is 1.34. The van der Waals surface area contributed by atoms with Crippen molar-refractivity contribution in [3.63, 3.8) is 0 Å². The molecule has 5 nitrogen and oxygen atoms in total. The molecule has 0 aromatic heterocycles. The van der Waals surface area contributed by atoms with Crippen LogP contribution in [0.5, 0.6) is 0 Å². The van der Waals surface area contributed by atoms with Crippen LogP contribution >= 0.6 is 0 Å². The summed E-state index contributed by atoms with van der Waals surface area (Å²) in [5.74, 6) is 0. The molecule has 1 fully saturated rings. The first-order valence-corrected chi connectivity index (χ1v) is 7.44. The Morgan fingerprint density at radius 3 is 2.30 bits per heavy atom. The third kappa shape index (κ3) is 3.62. The van der Waals surface area contributed by atoms with Gasteiger partial charge in [0.15, 0.2) is 0 Å². The first kappa shape index (κ1) is 14.6. The number of nitrogens with zero attached hydrogens (tertiary/aromatic N) is 1. The molecule has 110 valence electrons. The van der Waals surface area contributed by atoms with Gasteiger partial charge in [0.2, 0.25) is 0 Å². The Bertz CT molecular complexity index is 454. The van der Waals surface area contributed by atoms with Crippen molar-refractivity contribution in [2.45, 2.75) is 51.0 Å². The number of rotatable bonds is 4. The molecule has 0 aliphatic heterocycles. The molecule has 5 heteroatoms. The topological polar surface area (TPSA) is 67.2 Å². The van der Waals surface area contributed by atoms with E-state index in [-0.39, 0.29) is 10.6 Å². The van der Waals surface area contributed by atoms with E-state index in [1.165, 1.54) is 32.1 Å². The SMILES string of the molecule is CNc1cccc(NC2CCCCCCC2)c1[N+](=O)[O-]. The van der Waals surface area contributed by atoms with E-state index >= 15 is 0 Å². The fraction of sp³-hybridized carbons (Fsp3) is 0.600. The summed E-state index contributed by atoms with van der Waals surface area (Å²) in [6.45, 7) is 0. The lowest BCUT2D eigenvalue weighted by Crippen LogP contribution is -2.21. The van der Waals surface area contributed by atoms with Crippen LogP contribution in [0.4, 0.5) is 17.1 Å². The summed E-state index contributed by atoms with van der Waals surface area (Å²) in [5, 5.41) is 17.6. The minimum absolute atomic E-state index is 0.150. The Morgan fingerprint density at radius 1 is 1.10 bits per heavy atom. The molecule has 0 heterocycles. The van der Waals surface area contributed by atoms with E-state index in [0.717, 1.165) is 12.8 Å². The van der Waals surface area contributed by atoms with Crippen molar-refractivity contribution in [2.75, 3.05) is 17.7 Å². The number of nitro benzene ring substituents is 1. The maximum Gasteiger partial charge on any atom is 0.315 e. The average molecular weight is 277 g/mol. The maximum atomic E-state index is 11.3. The van der Waals surface area contributed by atoms with E-state index in [1.807, 2.05) is 6.07 Å². The molecule has 1 aliphatic carbocycles. The van der Waals surface area contributed by atoms with E-state index in [1.54, 1.807) is 19.2 Å². The molecule has 1 saturated carbocycles. The summed E-state index contributed by atoms with van der Waals surface area (Å²) in [6.07, 6.45) is 8.48. The molecule has 0 amide bonds. The molecule has 0 spiro atoms. The highest BCUT2D eigenvalue weighted by atomic mass is 16.6. The molecule has 2 N–H and O–H groups in total. The lowest BCUT2D eigenvalue weighted by molar-refractivity contribution is -0.383. The van der Waals surface area contributed by atoms with Gasteiger partial charge in [-0.25, -0.2) is 0 Å². The van der Waals surface area contributed by atoms with Crippen molar-refractivity contribution < 1.29 is 4.92 Å². The lowest BCUT2D eigenvalue weighted by atomic mass is 9.96. The molecule has 0 bridgehead atoms. The number of benzene rings is 1. The van der Waals surface area contributed by atoms with Gasteiger partial charge in [0.05, 0.1) is 4.92 Å². The van der Waals surface area contributed by atoms with Gasteiger partial charge in [0.25, 0.3) is 0 Å². The average Bonchev–Trinajstić information content (AvgIpc) is 2.41. The molecular formula is C15H23N3O2. The van der Waals surface area contributed by atoms with Gasteiger partial charge >= 0.3 is 5.69 Å². The lowest BCUT2D eigenvalue weighted by Gasteiger charge is -2.22. The third-order valence-electron chi connectivity index (χ3n) is 3.95. The summed E-state index contributed by atoms with van der Waals surface area (Å²) >= 11 is 0. The molecule has 0 radical (unpaired) electrons. The summed E-state index contributed by atoms with van der Waals surface area (Å²) < 4.78 is 0. The van der Waals surface area contributed by atoms with Crippen molar-refractivity contribution in [1.82, 2.24) is 0 Å². The minimum Gasteiger partial charge on any atom is -0.382 e. The normalized spacial score (nSPS) is 17.1. The Kier molecular flexibility index (Phi) is 5.21. The van der Waals surface area contributed by atoms with E-state index < -0.39 is 0 Å². The fourth-order valence-electron chi connectivity index (χ4n) is 2.88. The van der Waals surface area contributed by atoms with Crippen LogP contribution in [-0.2, 0) is 0 Å². The van der Waals surface area contributed by atoms with Crippen LogP contribution in [0.2, 0.25) is 0 Å². The molecule has 2 rings (SSSR count). The van der Waals surface area contributed by atoms with E-state index in [2.05, 4.69) is 10.6 Å². The van der Waals surface area contributed by atoms with Gasteiger partial charge in [-0.3, -0.25) is 10.1 Å². The number of hydrogen-bond donors (Lipinski definition) is 2. The highest BCUT2D eigenvalue weighted by molar-refractivity contribution is 5.76. The third-order valence-corrected chi connectivity index (χ3v) is 3.95. The minimum atomic E-state index is -0.308. The number of para-hydroxylation sites is 1. The Labute approximate surface area is 119 Å². The molecule has 1 aliphatic rings. The van der Waals surface area contributed by atoms with Crippen molar-refractivity contribution in [1.29, 1.82) is 0 Å². The van der Waals surface area contributed by atoms with Crippen molar-refractivity contribution in [3.8, 4) is 0 Å². The van der Waals surface area contributed by atoms with Gasteiger partial charge in [-0.2, -0.15) is 0 Å². The Hall–Kier alpha value is -1.78. The predicted octanol–water partition coefficient (Wildman–Crippen LogP) is 4.16. The smallest absolute Gasteiger partial charge is 0.315 e. The number of hydrogen-bond acceptors (Lipinski definition) is 4. The molecule has 1 aromatic carbocycles. The van der Waals surface area contributed by atoms with E-state index in [0.29, 0.717) is 17.4 Å². The van der Waals surface area contributed by atoms with Crippen LogP contribution in [0.25, 0.3) is 0 Å².